The zero-order chi connectivity index (χ0) is 14.7. The lowest BCUT2D eigenvalue weighted by atomic mass is 10.1. The van der Waals surface area contributed by atoms with Crippen LogP contribution in [0, 0.1) is 0 Å². The van der Waals surface area contributed by atoms with Crippen LogP contribution in [0.1, 0.15) is 18.1 Å². The normalized spacial score (nSPS) is 10.7. The van der Waals surface area contributed by atoms with Crippen molar-refractivity contribution in [3.8, 4) is 0 Å². The number of fused-ring (bicyclic) bond motifs is 1. The summed E-state index contributed by atoms with van der Waals surface area (Å²) in [5.74, 6) is 0. The van der Waals surface area contributed by atoms with Crippen molar-refractivity contribution in [1.82, 2.24) is 4.98 Å². The van der Waals surface area contributed by atoms with Gasteiger partial charge in [-0.3, -0.25) is 4.98 Å². The van der Waals surface area contributed by atoms with Gasteiger partial charge in [0, 0.05) is 29.5 Å². The van der Waals surface area contributed by atoms with E-state index in [-0.39, 0.29) is 0 Å². The lowest BCUT2D eigenvalue weighted by molar-refractivity contribution is 1.11. The van der Waals surface area contributed by atoms with E-state index in [0.29, 0.717) is 0 Å². The molecule has 106 valence electrons. The zero-order valence-corrected chi connectivity index (χ0v) is 12.1. The van der Waals surface area contributed by atoms with Gasteiger partial charge in [0.1, 0.15) is 0 Å². The van der Waals surface area contributed by atoms with Gasteiger partial charge in [0.15, 0.2) is 0 Å². The summed E-state index contributed by atoms with van der Waals surface area (Å²) in [5.41, 5.74) is 11.2. The minimum absolute atomic E-state index is 0.738. The van der Waals surface area contributed by atoms with Crippen LogP contribution in [-0.4, -0.2) is 4.98 Å². The van der Waals surface area contributed by atoms with E-state index in [0.717, 1.165) is 35.2 Å². The lowest BCUT2D eigenvalue weighted by Gasteiger charge is -2.10. The Kier molecular flexibility index (Phi) is 3.73. The van der Waals surface area contributed by atoms with E-state index in [9.17, 15) is 0 Å². The van der Waals surface area contributed by atoms with E-state index in [1.54, 1.807) is 0 Å². The van der Waals surface area contributed by atoms with Gasteiger partial charge in [-0.25, -0.2) is 0 Å². The molecule has 1 heterocycles. The van der Waals surface area contributed by atoms with Crippen LogP contribution in [-0.2, 0) is 13.0 Å². The largest absolute Gasteiger partial charge is 0.399 e. The molecule has 0 aliphatic heterocycles. The molecule has 3 rings (SSSR count). The van der Waals surface area contributed by atoms with Crippen molar-refractivity contribution in [3.05, 3.63) is 65.9 Å². The monoisotopic (exact) mass is 277 g/mol. The van der Waals surface area contributed by atoms with Crippen molar-refractivity contribution in [2.24, 2.45) is 0 Å². The van der Waals surface area contributed by atoms with E-state index in [2.05, 4.69) is 41.5 Å². The first-order valence-corrected chi connectivity index (χ1v) is 7.22. The quantitative estimate of drug-likeness (QED) is 0.709. The Bertz CT molecular complexity index is 748. The Hall–Kier alpha value is -2.55. The number of anilines is 2. The summed E-state index contributed by atoms with van der Waals surface area (Å²) in [4.78, 5) is 4.36. The Morgan fingerprint density at radius 3 is 2.52 bits per heavy atom. The van der Waals surface area contributed by atoms with Crippen LogP contribution in [0.15, 0.2) is 54.7 Å². The van der Waals surface area contributed by atoms with Gasteiger partial charge in [-0.15, -0.1) is 0 Å². The van der Waals surface area contributed by atoms with Gasteiger partial charge in [0.25, 0.3) is 0 Å². The minimum atomic E-state index is 0.738. The highest BCUT2D eigenvalue weighted by Gasteiger charge is 2.02. The summed E-state index contributed by atoms with van der Waals surface area (Å²) in [6.07, 6.45) is 2.88. The Labute approximate surface area is 124 Å². The number of rotatable bonds is 4. The van der Waals surface area contributed by atoms with Gasteiger partial charge >= 0.3 is 0 Å². The van der Waals surface area contributed by atoms with Gasteiger partial charge in [0.2, 0.25) is 0 Å². The topological polar surface area (TPSA) is 50.9 Å². The average molecular weight is 277 g/mol. The Morgan fingerprint density at radius 2 is 1.76 bits per heavy atom. The fourth-order valence-electron chi connectivity index (χ4n) is 2.41. The van der Waals surface area contributed by atoms with Gasteiger partial charge in [-0.1, -0.05) is 31.2 Å². The van der Waals surface area contributed by atoms with E-state index in [1.807, 2.05) is 30.5 Å². The van der Waals surface area contributed by atoms with E-state index in [1.165, 1.54) is 11.1 Å². The number of hydrogen-bond donors (Lipinski definition) is 2. The van der Waals surface area contributed by atoms with Crippen LogP contribution in [0.4, 0.5) is 11.4 Å². The highest BCUT2D eigenvalue weighted by atomic mass is 14.9. The molecule has 0 aliphatic carbocycles. The summed E-state index contributed by atoms with van der Waals surface area (Å²) in [6, 6.07) is 16.5. The maximum atomic E-state index is 5.81. The van der Waals surface area contributed by atoms with Crippen molar-refractivity contribution in [1.29, 1.82) is 0 Å². The first kappa shape index (κ1) is 13.4. The first-order chi connectivity index (χ1) is 10.3. The summed E-state index contributed by atoms with van der Waals surface area (Å²) in [7, 11) is 0. The molecular weight excluding hydrogens is 258 g/mol. The summed E-state index contributed by atoms with van der Waals surface area (Å²) in [6.45, 7) is 2.97. The smallest absolute Gasteiger partial charge is 0.0743 e. The van der Waals surface area contributed by atoms with Crippen LogP contribution in [0.3, 0.4) is 0 Å². The molecule has 1 aromatic heterocycles. The van der Waals surface area contributed by atoms with Crippen LogP contribution in [0.25, 0.3) is 10.9 Å². The number of nitrogens with one attached hydrogen (secondary N) is 1. The molecule has 0 saturated heterocycles. The van der Waals surface area contributed by atoms with Crippen LogP contribution >= 0.6 is 0 Å². The number of pyridine rings is 1. The number of aromatic nitrogens is 1. The van der Waals surface area contributed by atoms with Crippen LogP contribution in [0.5, 0.6) is 0 Å². The number of nitrogens with two attached hydrogens (primary N) is 1. The minimum Gasteiger partial charge on any atom is -0.399 e. The third-order valence-corrected chi connectivity index (χ3v) is 3.68. The van der Waals surface area contributed by atoms with Gasteiger partial charge in [-0.05, 0) is 41.8 Å². The number of benzene rings is 2. The highest BCUT2D eigenvalue weighted by molar-refractivity contribution is 5.92. The molecular formula is C18H19N3. The van der Waals surface area contributed by atoms with Crippen molar-refractivity contribution in [2.75, 3.05) is 11.1 Å². The SMILES string of the molecule is CCc1ccc(CNc2ccnc3cc(N)ccc23)cc1. The highest BCUT2D eigenvalue weighted by Crippen LogP contribution is 2.23. The second kappa shape index (κ2) is 5.83. The Morgan fingerprint density at radius 1 is 1.00 bits per heavy atom. The van der Waals surface area contributed by atoms with Crippen molar-refractivity contribution in [2.45, 2.75) is 19.9 Å². The third kappa shape index (κ3) is 2.97. The number of hydrogen-bond acceptors (Lipinski definition) is 3. The second-order valence-corrected chi connectivity index (χ2v) is 5.16. The maximum absolute atomic E-state index is 5.81. The molecule has 3 heteroatoms. The van der Waals surface area contributed by atoms with Crippen LogP contribution < -0.4 is 11.1 Å². The fourth-order valence-corrected chi connectivity index (χ4v) is 2.41. The second-order valence-electron chi connectivity index (χ2n) is 5.16. The molecule has 0 bridgehead atoms. The van der Waals surface area contributed by atoms with Gasteiger partial charge < -0.3 is 11.1 Å². The molecule has 3 nitrogen and oxygen atoms in total. The summed E-state index contributed by atoms with van der Waals surface area (Å²) < 4.78 is 0. The number of aryl methyl sites for hydroxylation is 1. The predicted octanol–water partition coefficient (Wildman–Crippen LogP) is 3.99. The molecule has 0 aliphatic rings. The Balaban J connectivity index is 1.81. The first-order valence-electron chi connectivity index (χ1n) is 7.22. The molecule has 0 spiro atoms. The molecule has 0 atom stereocenters. The maximum Gasteiger partial charge on any atom is 0.0743 e. The van der Waals surface area contributed by atoms with Crippen molar-refractivity contribution >= 4 is 22.3 Å². The van der Waals surface area contributed by atoms with Gasteiger partial charge in [0.05, 0.1) is 5.52 Å². The molecule has 0 radical (unpaired) electrons. The molecule has 0 amide bonds. The summed E-state index contributed by atoms with van der Waals surface area (Å²) >= 11 is 0. The molecule has 21 heavy (non-hydrogen) atoms. The number of nitrogens with zero attached hydrogens (tertiary/aromatic N) is 1. The standard InChI is InChI=1S/C18H19N3/c1-2-13-3-5-14(6-4-13)12-21-17-9-10-20-18-11-15(19)7-8-16(17)18/h3-11H,2,12,19H2,1H3,(H,20,21). The zero-order valence-electron chi connectivity index (χ0n) is 12.1. The van der Waals surface area contributed by atoms with Crippen molar-refractivity contribution < 1.29 is 0 Å². The van der Waals surface area contributed by atoms with E-state index in [4.69, 9.17) is 5.73 Å². The molecule has 0 fully saturated rings. The predicted molar refractivity (Wildman–Crippen MR) is 89.3 cm³/mol. The average Bonchev–Trinajstić information content (AvgIpc) is 2.53. The van der Waals surface area contributed by atoms with Crippen molar-refractivity contribution in [3.63, 3.8) is 0 Å². The fraction of sp³-hybridized carbons (Fsp3) is 0.167. The third-order valence-electron chi connectivity index (χ3n) is 3.68. The summed E-state index contributed by atoms with van der Waals surface area (Å²) in [5, 5.41) is 4.57. The molecule has 3 aromatic rings. The molecule has 0 unspecified atom stereocenters. The molecule has 0 saturated carbocycles. The molecule has 2 aromatic carbocycles. The van der Waals surface area contributed by atoms with Crippen LogP contribution in [0.2, 0.25) is 0 Å². The van der Waals surface area contributed by atoms with Gasteiger partial charge in [-0.2, -0.15) is 0 Å². The molecule has 3 N–H and O–H groups in total. The lowest BCUT2D eigenvalue weighted by Crippen LogP contribution is -2.00. The number of nitrogen functional groups attached to an aromatic ring is 1. The van der Waals surface area contributed by atoms with E-state index >= 15 is 0 Å². The van der Waals surface area contributed by atoms with E-state index < -0.39 is 0 Å².